The van der Waals surface area contributed by atoms with Gasteiger partial charge in [-0.25, -0.2) is 4.68 Å². The maximum Gasteiger partial charge on any atom is 0.186 e. The minimum Gasteiger partial charge on any atom is -0.248 e. The maximum atomic E-state index is 9.11. The summed E-state index contributed by atoms with van der Waals surface area (Å²) in [6, 6.07) is 6.25. The van der Waals surface area contributed by atoms with Gasteiger partial charge in [0.15, 0.2) is 5.69 Å². The van der Waals surface area contributed by atoms with Crippen LogP contribution in [-0.2, 0) is 13.0 Å². The largest absolute Gasteiger partial charge is 0.248 e. The summed E-state index contributed by atoms with van der Waals surface area (Å²) in [5.74, 6) is 0. The van der Waals surface area contributed by atoms with Gasteiger partial charge in [-0.2, -0.15) is 5.26 Å². The first-order valence-corrected chi connectivity index (χ1v) is 7.58. The van der Waals surface area contributed by atoms with E-state index in [1.54, 1.807) is 11.3 Å². The molecule has 0 aliphatic heterocycles. The van der Waals surface area contributed by atoms with E-state index in [2.05, 4.69) is 34.8 Å². The highest BCUT2D eigenvalue weighted by Crippen LogP contribution is 2.17. The van der Waals surface area contributed by atoms with E-state index in [1.807, 2.05) is 10.7 Å². The SMILES string of the molecule is CCCCCCn1nnc(C#N)c1Cc1cccs1. The summed E-state index contributed by atoms with van der Waals surface area (Å²) in [7, 11) is 0. The van der Waals surface area contributed by atoms with Crippen LogP contribution in [0.3, 0.4) is 0 Å². The Hall–Kier alpha value is -1.67. The highest BCUT2D eigenvalue weighted by atomic mass is 32.1. The van der Waals surface area contributed by atoms with Crippen molar-refractivity contribution >= 4 is 11.3 Å². The first-order chi connectivity index (χ1) is 9.35. The molecule has 2 aromatic heterocycles. The topological polar surface area (TPSA) is 54.5 Å². The third-order valence-electron chi connectivity index (χ3n) is 3.09. The molecule has 0 saturated carbocycles. The van der Waals surface area contributed by atoms with Crippen molar-refractivity contribution in [3.63, 3.8) is 0 Å². The molecule has 4 nitrogen and oxygen atoms in total. The van der Waals surface area contributed by atoms with E-state index >= 15 is 0 Å². The van der Waals surface area contributed by atoms with E-state index < -0.39 is 0 Å². The van der Waals surface area contributed by atoms with Crippen LogP contribution in [-0.4, -0.2) is 15.0 Å². The Bertz CT molecular complexity index is 536. The molecule has 0 N–H and O–H groups in total. The number of nitriles is 1. The second-order valence-electron chi connectivity index (χ2n) is 4.54. The fourth-order valence-electron chi connectivity index (χ4n) is 2.04. The minimum absolute atomic E-state index is 0.462. The van der Waals surface area contributed by atoms with Gasteiger partial charge in [0.05, 0.1) is 5.69 Å². The molecular formula is C14H18N4S. The zero-order valence-electron chi connectivity index (χ0n) is 11.2. The normalized spacial score (nSPS) is 10.5. The summed E-state index contributed by atoms with van der Waals surface area (Å²) in [6.07, 6.45) is 5.53. The Morgan fingerprint density at radius 3 is 2.95 bits per heavy atom. The third-order valence-corrected chi connectivity index (χ3v) is 3.97. The average molecular weight is 274 g/mol. The lowest BCUT2D eigenvalue weighted by Crippen LogP contribution is -2.06. The van der Waals surface area contributed by atoms with E-state index in [4.69, 9.17) is 5.26 Å². The molecule has 0 amide bonds. The molecule has 0 fully saturated rings. The first-order valence-electron chi connectivity index (χ1n) is 6.70. The van der Waals surface area contributed by atoms with Crippen molar-refractivity contribution in [1.29, 1.82) is 5.26 Å². The summed E-state index contributed by atoms with van der Waals surface area (Å²) in [5, 5.41) is 19.2. The van der Waals surface area contributed by atoms with Crippen LogP contribution in [0.1, 0.15) is 48.9 Å². The van der Waals surface area contributed by atoms with Gasteiger partial charge in [0.25, 0.3) is 0 Å². The molecule has 0 atom stereocenters. The van der Waals surface area contributed by atoms with Crippen LogP contribution in [0, 0.1) is 11.3 Å². The minimum atomic E-state index is 0.462. The van der Waals surface area contributed by atoms with Crippen molar-refractivity contribution in [2.45, 2.75) is 45.6 Å². The standard InChI is InChI=1S/C14H18N4S/c1-2-3-4-5-8-18-14(13(11-15)16-17-18)10-12-7-6-9-19-12/h6-7,9H,2-5,8,10H2,1H3. The number of hydrogen-bond acceptors (Lipinski definition) is 4. The van der Waals surface area contributed by atoms with Crippen LogP contribution < -0.4 is 0 Å². The second-order valence-corrected chi connectivity index (χ2v) is 5.57. The fraction of sp³-hybridized carbons (Fsp3) is 0.500. The van der Waals surface area contributed by atoms with Crippen molar-refractivity contribution in [1.82, 2.24) is 15.0 Å². The molecule has 5 heteroatoms. The number of aryl methyl sites for hydroxylation is 1. The van der Waals surface area contributed by atoms with Crippen LogP contribution >= 0.6 is 11.3 Å². The molecule has 2 aromatic rings. The molecule has 0 aromatic carbocycles. The van der Waals surface area contributed by atoms with Crippen LogP contribution in [0.2, 0.25) is 0 Å². The molecular weight excluding hydrogens is 256 g/mol. The highest BCUT2D eigenvalue weighted by Gasteiger charge is 2.13. The number of hydrogen-bond donors (Lipinski definition) is 0. The van der Waals surface area contributed by atoms with Crippen molar-refractivity contribution < 1.29 is 0 Å². The lowest BCUT2D eigenvalue weighted by molar-refractivity contribution is 0.515. The van der Waals surface area contributed by atoms with Crippen molar-refractivity contribution in [3.8, 4) is 6.07 Å². The predicted octanol–water partition coefficient (Wildman–Crippen LogP) is 3.38. The molecule has 19 heavy (non-hydrogen) atoms. The lowest BCUT2D eigenvalue weighted by Gasteiger charge is -2.05. The summed E-state index contributed by atoms with van der Waals surface area (Å²) in [4.78, 5) is 1.24. The zero-order valence-corrected chi connectivity index (χ0v) is 12.0. The van der Waals surface area contributed by atoms with E-state index in [0.717, 1.165) is 25.1 Å². The van der Waals surface area contributed by atoms with Crippen LogP contribution in [0.15, 0.2) is 17.5 Å². The third kappa shape index (κ3) is 3.65. The van der Waals surface area contributed by atoms with Crippen LogP contribution in [0.5, 0.6) is 0 Å². The number of rotatable bonds is 7. The van der Waals surface area contributed by atoms with E-state index in [0.29, 0.717) is 5.69 Å². The summed E-state index contributed by atoms with van der Waals surface area (Å²) >= 11 is 1.70. The lowest BCUT2D eigenvalue weighted by atomic mass is 10.2. The predicted molar refractivity (Wildman–Crippen MR) is 76.0 cm³/mol. The van der Waals surface area contributed by atoms with Crippen LogP contribution in [0.4, 0.5) is 0 Å². The Labute approximate surface area is 117 Å². The zero-order chi connectivity index (χ0) is 13.5. The van der Waals surface area contributed by atoms with Crippen molar-refractivity contribution in [2.24, 2.45) is 0 Å². The van der Waals surface area contributed by atoms with E-state index in [1.165, 1.54) is 24.1 Å². The van der Waals surface area contributed by atoms with Gasteiger partial charge in [0, 0.05) is 17.8 Å². The number of nitrogens with zero attached hydrogens (tertiary/aromatic N) is 4. The van der Waals surface area contributed by atoms with Gasteiger partial charge in [0.1, 0.15) is 6.07 Å². The quantitative estimate of drug-likeness (QED) is 0.727. The van der Waals surface area contributed by atoms with Crippen LogP contribution in [0.25, 0.3) is 0 Å². The molecule has 0 aliphatic carbocycles. The highest BCUT2D eigenvalue weighted by molar-refractivity contribution is 7.09. The smallest absolute Gasteiger partial charge is 0.186 e. The van der Waals surface area contributed by atoms with Gasteiger partial charge in [-0.05, 0) is 17.9 Å². The van der Waals surface area contributed by atoms with E-state index in [-0.39, 0.29) is 0 Å². The Morgan fingerprint density at radius 1 is 1.37 bits per heavy atom. The first kappa shape index (κ1) is 13.8. The monoisotopic (exact) mass is 274 g/mol. The molecule has 0 saturated heterocycles. The summed E-state index contributed by atoms with van der Waals surface area (Å²) in [5.41, 5.74) is 1.41. The van der Waals surface area contributed by atoms with Crippen molar-refractivity contribution in [2.75, 3.05) is 0 Å². The van der Waals surface area contributed by atoms with Gasteiger partial charge in [-0.3, -0.25) is 0 Å². The Balaban J connectivity index is 2.06. The Morgan fingerprint density at radius 2 is 2.26 bits per heavy atom. The van der Waals surface area contributed by atoms with Gasteiger partial charge < -0.3 is 0 Å². The molecule has 100 valence electrons. The Kier molecular flexibility index (Phi) is 5.10. The van der Waals surface area contributed by atoms with E-state index in [9.17, 15) is 0 Å². The van der Waals surface area contributed by atoms with Gasteiger partial charge in [-0.15, -0.1) is 16.4 Å². The molecule has 0 spiro atoms. The van der Waals surface area contributed by atoms with Gasteiger partial charge in [0.2, 0.25) is 0 Å². The fourth-order valence-corrected chi connectivity index (χ4v) is 2.75. The molecule has 0 unspecified atom stereocenters. The molecule has 0 bridgehead atoms. The second kappa shape index (κ2) is 7.05. The summed E-state index contributed by atoms with van der Waals surface area (Å²) in [6.45, 7) is 3.06. The molecule has 0 radical (unpaired) electrons. The summed E-state index contributed by atoms with van der Waals surface area (Å²) < 4.78 is 1.90. The number of aromatic nitrogens is 3. The number of unbranched alkanes of at least 4 members (excludes halogenated alkanes) is 3. The molecule has 0 aliphatic rings. The van der Waals surface area contributed by atoms with Gasteiger partial charge >= 0.3 is 0 Å². The molecule has 2 heterocycles. The maximum absolute atomic E-state index is 9.11. The number of thiophene rings is 1. The average Bonchev–Trinajstić information content (AvgIpc) is 3.06. The van der Waals surface area contributed by atoms with Crippen molar-refractivity contribution in [3.05, 3.63) is 33.8 Å². The molecule has 2 rings (SSSR count). The van der Waals surface area contributed by atoms with Gasteiger partial charge in [-0.1, -0.05) is 37.5 Å².